The average molecular weight is 284 g/mol. The topological polar surface area (TPSA) is 12.0 Å². The molecular formula is C14H12Cl2FN. The number of rotatable bonds is 3. The molecule has 0 aliphatic carbocycles. The highest BCUT2D eigenvalue weighted by molar-refractivity contribution is 6.33. The van der Waals surface area contributed by atoms with Gasteiger partial charge < -0.3 is 5.32 Å². The van der Waals surface area contributed by atoms with Crippen molar-refractivity contribution in [1.82, 2.24) is 0 Å². The molecule has 0 atom stereocenters. The summed E-state index contributed by atoms with van der Waals surface area (Å²) in [5.41, 5.74) is 2.37. The van der Waals surface area contributed by atoms with Crippen LogP contribution in [0, 0.1) is 12.7 Å². The molecule has 0 unspecified atom stereocenters. The number of hydrogen-bond donors (Lipinski definition) is 1. The number of anilines is 1. The first kappa shape index (κ1) is 13.2. The molecule has 0 radical (unpaired) electrons. The number of nitrogens with one attached hydrogen (secondary N) is 1. The Morgan fingerprint density at radius 2 is 1.89 bits per heavy atom. The molecule has 4 heteroatoms. The van der Waals surface area contributed by atoms with Crippen LogP contribution in [0.3, 0.4) is 0 Å². The maximum Gasteiger partial charge on any atom is 0.126 e. The van der Waals surface area contributed by atoms with Crippen molar-refractivity contribution < 1.29 is 4.39 Å². The Bertz CT molecular complexity index is 570. The van der Waals surface area contributed by atoms with Crippen LogP contribution in [0.2, 0.25) is 10.0 Å². The highest BCUT2D eigenvalue weighted by Gasteiger charge is 2.03. The molecule has 0 fully saturated rings. The van der Waals surface area contributed by atoms with Gasteiger partial charge in [0.15, 0.2) is 0 Å². The molecule has 0 aliphatic rings. The summed E-state index contributed by atoms with van der Waals surface area (Å²) in [6.07, 6.45) is 0. The normalized spacial score (nSPS) is 10.4. The lowest BCUT2D eigenvalue weighted by atomic mass is 10.2. The summed E-state index contributed by atoms with van der Waals surface area (Å²) in [6.45, 7) is 2.28. The smallest absolute Gasteiger partial charge is 0.126 e. The SMILES string of the molecule is Cc1cc(NCc2cc(Cl)ccc2Cl)ccc1F. The zero-order valence-corrected chi connectivity index (χ0v) is 11.3. The second-order valence-corrected chi connectivity index (χ2v) is 4.90. The Labute approximate surface area is 116 Å². The minimum absolute atomic E-state index is 0.207. The Balaban J connectivity index is 2.11. The van der Waals surface area contributed by atoms with Crippen molar-refractivity contribution in [3.05, 3.63) is 63.4 Å². The van der Waals surface area contributed by atoms with Gasteiger partial charge in [0.2, 0.25) is 0 Å². The molecule has 2 rings (SSSR count). The highest BCUT2D eigenvalue weighted by atomic mass is 35.5. The number of benzene rings is 2. The van der Waals surface area contributed by atoms with Crippen molar-refractivity contribution in [2.24, 2.45) is 0 Å². The van der Waals surface area contributed by atoms with Crippen molar-refractivity contribution in [3.8, 4) is 0 Å². The van der Waals surface area contributed by atoms with Crippen molar-refractivity contribution in [2.45, 2.75) is 13.5 Å². The third-order valence-electron chi connectivity index (χ3n) is 2.65. The molecule has 0 saturated heterocycles. The van der Waals surface area contributed by atoms with Crippen LogP contribution < -0.4 is 5.32 Å². The van der Waals surface area contributed by atoms with Gasteiger partial charge in [0.25, 0.3) is 0 Å². The summed E-state index contributed by atoms with van der Waals surface area (Å²) in [5.74, 6) is -0.207. The third-order valence-corrected chi connectivity index (χ3v) is 3.25. The summed E-state index contributed by atoms with van der Waals surface area (Å²) in [4.78, 5) is 0. The van der Waals surface area contributed by atoms with Gasteiger partial charge in [-0.1, -0.05) is 23.2 Å². The fourth-order valence-corrected chi connectivity index (χ4v) is 2.01. The molecule has 0 heterocycles. The van der Waals surface area contributed by atoms with E-state index in [4.69, 9.17) is 23.2 Å². The van der Waals surface area contributed by atoms with Crippen LogP contribution in [-0.4, -0.2) is 0 Å². The lowest BCUT2D eigenvalue weighted by Crippen LogP contribution is -2.00. The van der Waals surface area contributed by atoms with Gasteiger partial charge >= 0.3 is 0 Å². The Morgan fingerprint density at radius 1 is 1.11 bits per heavy atom. The van der Waals surface area contributed by atoms with E-state index in [-0.39, 0.29) is 5.82 Å². The minimum atomic E-state index is -0.207. The standard InChI is InChI=1S/C14H12Cl2FN/c1-9-6-12(3-5-14(9)17)18-8-10-7-11(15)2-4-13(10)16/h2-7,18H,8H2,1H3. The molecule has 0 bridgehead atoms. The summed E-state index contributed by atoms with van der Waals surface area (Å²) < 4.78 is 13.1. The first-order valence-corrected chi connectivity index (χ1v) is 6.26. The number of aryl methyl sites for hydroxylation is 1. The average Bonchev–Trinajstić information content (AvgIpc) is 2.34. The number of hydrogen-bond acceptors (Lipinski definition) is 1. The van der Waals surface area contributed by atoms with Crippen molar-refractivity contribution in [3.63, 3.8) is 0 Å². The fourth-order valence-electron chi connectivity index (χ4n) is 1.63. The van der Waals surface area contributed by atoms with E-state index in [9.17, 15) is 4.39 Å². The first-order chi connectivity index (χ1) is 8.56. The molecule has 94 valence electrons. The summed E-state index contributed by atoms with van der Waals surface area (Å²) in [6, 6.07) is 10.2. The quantitative estimate of drug-likeness (QED) is 0.831. The van der Waals surface area contributed by atoms with E-state index in [2.05, 4.69) is 5.32 Å². The maximum absolute atomic E-state index is 13.1. The monoisotopic (exact) mass is 283 g/mol. The largest absolute Gasteiger partial charge is 0.381 e. The second-order valence-electron chi connectivity index (χ2n) is 4.05. The van der Waals surface area contributed by atoms with E-state index in [0.717, 1.165) is 11.3 Å². The molecule has 18 heavy (non-hydrogen) atoms. The van der Waals surface area contributed by atoms with Gasteiger partial charge in [-0.2, -0.15) is 0 Å². The lowest BCUT2D eigenvalue weighted by molar-refractivity contribution is 0.618. The van der Waals surface area contributed by atoms with Crippen LogP contribution in [0.4, 0.5) is 10.1 Å². The van der Waals surface area contributed by atoms with E-state index >= 15 is 0 Å². The lowest BCUT2D eigenvalue weighted by Gasteiger charge is -2.09. The molecule has 0 spiro atoms. The van der Waals surface area contributed by atoms with Gasteiger partial charge in [-0.15, -0.1) is 0 Å². The summed E-state index contributed by atoms with van der Waals surface area (Å²) in [5, 5.41) is 4.49. The number of halogens is 3. The minimum Gasteiger partial charge on any atom is -0.381 e. The summed E-state index contributed by atoms with van der Waals surface area (Å²) >= 11 is 12.0. The van der Waals surface area contributed by atoms with Gasteiger partial charge in [0, 0.05) is 22.3 Å². The molecule has 0 aromatic heterocycles. The van der Waals surface area contributed by atoms with Crippen molar-refractivity contribution in [1.29, 1.82) is 0 Å². The molecule has 0 saturated carbocycles. The molecule has 2 aromatic rings. The van der Waals surface area contributed by atoms with E-state index in [0.29, 0.717) is 22.2 Å². The first-order valence-electron chi connectivity index (χ1n) is 5.50. The molecule has 2 aromatic carbocycles. The van der Waals surface area contributed by atoms with Crippen LogP contribution in [0.25, 0.3) is 0 Å². The van der Waals surface area contributed by atoms with E-state index in [1.807, 2.05) is 6.07 Å². The van der Waals surface area contributed by atoms with E-state index in [1.54, 1.807) is 31.2 Å². The van der Waals surface area contributed by atoms with Crippen molar-refractivity contribution >= 4 is 28.9 Å². The maximum atomic E-state index is 13.1. The molecular weight excluding hydrogens is 272 g/mol. The van der Waals surface area contributed by atoms with Gasteiger partial charge in [0.05, 0.1) is 0 Å². The zero-order valence-electron chi connectivity index (χ0n) is 9.81. The summed E-state index contributed by atoms with van der Waals surface area (Å²) in [7, 11) is 0. The highest BCUT2D eigenvalue weighted by Crippen LogP contribution is 2.22. The Kier molecular flexibility index (Phi) is 4.10. The fraction of sp³-hybridized carbons (Fsp3) is 0.143. The van der Waals surface area contributed by atoms with Crippen molar-refractivity contribution in [2.75, 3.05) is 5.32 Å². The molecule has 0 amide bonds. The van der Waals surface area contributed by atoms with Crippen LogP contribution in [0.5, 0.6) is 0 Å². The van der Waals surface area contributed by atoms with Gasteiger partial charge in [-0.25, -0.2) is 4.39 Å². The van der Waals surface area contributed by atoms with Crippen LogP contribution in [0.1, 0.15) is 11.1 Å². The second kappa shape index (κ2) is 5.59. The van der Waals surface area contributed by atoms with Gasteiger partial charge in [-0.05, 0) is 54.4 Å². The van der Waals surface area contributed by atoms with Crippen LogP contribution in [0.15, 0.2) is 36.4 Å². The van der Waals surface area contributed by atoms with Gasteiger partial charge in [-0.3, -0.25) is 0 Å². The van der Waals surface area contributed by atoms with Gasteiger partial charge in [0.1, 0.15) is 5.82 Å². The van der Waals surface area contributed by atoms with E-state index < -0.39 is 0 Å². The van der Waals surface area contributed by atoms with Crippen LogP contribution in [-0.2, 0) is 6.54 Å². The predicted molar refractivity (Wildman–Crippen MR) is 74.9 cm³/mol. The Morgan fingerprint density at radius 3 is 2.61 bits per heavy atom. The Hall–Kier alpha value is -1.25. The van der Waals surface area contributed by atoms with E-state index in [1.165, 1.54) is 6.07 Å². The predicted octanol–water partition coefficient (Wildman–Crippen LogP) is 5.05. The van der Waals surface area contributed by atoms with Crippen LogP contribution >= 0.6 is 23.2 Å². The zero-order chi connectivity index (χ0) is 13.1. The molecule has 0 aliphatic heterocycles. The molecule has 1 N–H and O–H groups in total. The molecule has 1 nitrogen and oxygen atoms in total. The third kappa shape index (κ3) is 3.15.